The number of carbonyl (C=O) groups is 1. The highest BCUT2D eigenvalue weighted by atomic mass is 28.4. The molecule has 1 aliphatic heterocycles. The van der Waals surface area contributed by atoms with Crippen LogP contribution < -0.4 is 0 Å². The first-order chi connectivity index (χ1) is 10.6. The zero-order valence-electron chi connectivity index (χ0n) is 16.5. The van der Waals surface area contributed by atoms with Crippen LogP contribution in [0.15, 0.2) is 0 Å². The second kappa shape index (κ2) is 7.68. The highest BCUT2D eigenvalue weighted by Crippen LogP contribution is 2.30. The zero-order chi connectivity index (χ0) is 18.9. The molecular formula is C15H34O6Si3. The van der Waals surface area contributed by atoms with Crippen molar-refractivity contribution < 1.29 is 27.9 Å². The Morgan fingerprint density at radius 1 is 0.833 bits per heavy atom. The van der Waals surface area contributed by atoms with Crippen LogP contribution in [0.5, 0.6) is 0 Å². The van der Waals surface area contributed by atoms with E-state index in [2.05, 4.69) is 39.3 Å². The van der Waals surface area contributed by atoms with Crippen LogP contribution >= 0.6 is 0 Å². The number of aliphatic hydroxyl groups excluding tert-OH is 1. The largest absolute Gasteiger partial charge is 0.455 e. The fraction of sp³-hybridized carbons (Fsp3) is 0.933. The second-order valence-electron chi connectivity index (χ2n) is 9.20. The minimum Gasteiger partial charge on any atom is -0.455 e. The summed E-state index contributed by atoms with van der Waals surface area (Å²) in [5.74, 6) is -0.463. The zero-order valence-corrected chi connectivity index (χ0v) is 19.5. The molecule has 0 aromatic heterocycles. The molecule has 0 unspecified atom stereocenters. The van der Waals surface area contributed by atoms with Crippen molar-refractivity contribution in [3.63, 3.8) is 0 Å². The number of hydrogen-bond donors (Lipinski definition) is 1. The minimum atomic E-state index is -2.00. The van der Waals surface area contributed by atoms with E-state index in [1.807, 2.05) is 19.6 Å². The lowest BCUT2D eigenvalue weighted by atomic mass is 10.0. The van der Waals surface area contributed by atoms with Crippen LogP contribution in [0, 0.1) is 0 Å². The number of ether oxygens (including phenoxy) is 1. The molecule has 1 N–H and O–H groups in total. The number of carbonyl (C=O) groups excluding carboxylic acids is 1. The van der Waals surface area contributed by atoms with Crippen molar-refractivity contribution in [3.8, 4) is 0 Å². The summed E-state index contributed by atoms with van der Waals surface area (Å²) < 4.78 is 24.1. The van der Waals surface area contributed by atoms with E-state index in [-0.39, 0.29) is 6.61 Å². The van der Waals surface area contributed by atoms with Gasteiger partial charge in [0.15, 0.2) is 37.2 Å². The number of aliphatic hydroxyl groups is 1. The maximum atomic E-state index is 12.5. The highest BCUT2D eigenvalue weighted by Gasteiger charge is 2.51. The van der Waals surface area contributed by atoms with Crippen molar-refractivity contribution in [2.45, 2.75) is 83.3 Å². The first-order valence-electron chi connectivity index (χ1n) is 8.48. The van der Waals surface area contributed by atoms with Gasteiger partial charge in [-0.05, 0) is 58.9 Å². The number of cyclic esters (lactones) is 1. The first kappa shape index (κ1) is 22.0. The molecule has 142 valence electrons. The average molecular weight is 395 g/mol. The molecule has 0 bridgehead atoms. The van der Waals surface area contributed by atoms with E-state index in [4.69, 9.17) is 18.0 Å². The van der Waals surface area contributed by atoms with Crippen LogP contribution in [0.1, 0.15) is 0 Å². The second-order valence-corrected chi connectivity index (χ2v) is 22.6. The van der Waals surface area contributed by atoms with Gasteiger partial charge < -0.3 is 23.1 Å². The smallest absolute Gasteiger partial charge is 0.337 e. The summed E-state index contributed by atoms with van der Waals surface area (Å²) in [6.45, 7) is 18.2. The van der Waals surface area contributed by atoms with E-state index in [1.165, 1.54) is 0 Å². The van der Waals surface area contributed by atoms with Gasteiger partial charge in [-0.25, -0.2) is 4.79 Å². The van der Waals surface area contributed by atoms with Crippen molar-refractivity contribution >= 4 is 30.9 Å². The lowest BCUT2D eigenvalue weighted by Gasteiger charge is -2.46. The molecule has 6 nitrogen and oxygen atoms in total. The van der Waals surface area contributed by atoms with Gasteiger partial charge in [-0.2, -0.15) is 0 Å². The molecular weight excluding hydrogens is 360 g/mol. The molecule has 1 aliphatic rings. The van der Waals surface area contributed by atoms with E-state index in [9.17, 15) is 9.90 Å². The Morgan fingerprint density at radius 2 is 1.25 bits per heavy atom. The quantitative estimate of drug-likeness (QED) is 0.528. The summed E-state index contributed by atoms with van der Waals surface area (Å²) in [4.78, 5) is 12.5. The van der Waals surface area contributed by atoms with Gasteiger partial charge >= 0.3 is 5.97 Å². The molecule has 1 rings (SSSR count). The van der Waals surface area contributed by atoms with Crippen molar-refractivity contribution in [1.82, 2.24) is 0 Å². The van der Waals surface area contributed by atoms with E-state index >= 15 is 0 Å². The van der Waals surface area contributed by atoms with Crippen molar-refractivity contribution in [1.29, 1.82) is 0 Å². The van der Waals surface area contributed by atoms with Gasteiger partial charge in [0.05, 0.1) is 6.61 Å². The molecule has 0 amide bonds. The van der Waals surface area contributed by atoms with Crippen molar-refractivity contribution in [3.05, 3.63) is 0 Å². The Labute approximate surface area is 149 Å². The van der Waals surface area contributed by atoms with E-state index in [1.54, 1.807) is 0 Å². The monoisotopic (exact) mass is 394 g/mol. The molecule has 0 saturated carbocycles. The molecule has 1 fully saturated rings. The van der Waals surface area contributed by atoms with Crippen LogP contribution in [0.3, 0.4) is 0 Å². The molecule has 24 heavy (non-hydrogen) atoms. The van der Waals surface area contributed by atoms with E-state index < -0.39 is 55.3 Å². The van der Waals surface area contributed by atoms with Crippen LogP contribution in [0.25, 0.3) is 0 Å². The molecule has 1 saturated heterocycles. The van der Waals surface area contributed by atoms with Crippen LogP contribution in [0.2, 0.25) is 58.9 Å². The van der Waals surface area contributed by atoms with Crippen molar-refractivity contribution in [2.75, 3.05) is 6.61 Å². The molecule has 0 radical (unpaired) electrons. The van der Waals surface area contributed by atoms with E-state index in [0.717, 1.165) is 0 Å². The van der Waals surface area contributed by atoms with Crippen LogP contribution in [0.4, 0.5) is 0 Å². The average Bonchev–Trinajstić information content (AvgIpc) is 2.32. The van der Waals surface area contributed by atoms with Gasteiger partial charge in [0.1, 0.15) is 12.2 Å². The molecule has 0 aromatic carbocycles. The topological polar surface area (TPSA) is 74.2 Å². The molecule has 0 spiro atoms. The Balaban J connectivity index is 3.23. The van der Waals surface area contributed by atoms with Crippen molar-refractivity contribution in [2.24, 2.45) is 0 Å². The summed E-state index contributed by atoms with van der Waals surface area (Å²) in [5, 5.41) is 9.69. The SMILES string of the molecule is C[Si](C)(C)O[C@H]1[C@H](O[Si](C)(C)C)[C@@H](O[Si](C)(C)C)C(=O)O[C@@H]1CO. The fourth-order valence-corrected chi connectivity index (χ4v) is 5.70. The van der Waals surface area contributed by atoms with Gasteiger partial charge in [-0.1, -0.05) is 0 Å². The van der Waals surface area contributed by atoms with Gasteiger partial charge in [0.2, 0.25) is 0 Å². The molecule has 9 heteroatoms. The van der Waals surface area contributed by atoms with Gasteiger partial charge in [0, 0.05) is 0 Å². The third-order valence-electron chi connectivity index (χ3n) is 3.13. The first-order valence-corrected chi connectivity index (χ1v) is 18.7. The maximum Gasteiger partial charge on any atom is 0.337 e. The summed E-state index contributed by atoms with van der Waals surface area (Å²) in [5.41, 5.74) is 0. The Morgan fingerprint density at radius 3 is 1.62 bits per heavy atom. The van der Waals surface area contributed by atoms with Gasteiger partial charge in [-0.15, -0.1) is 0 Å². The Bertz CT molecular complexity index is 438. The van der Waals surface area contributed by atoms with E-state index in [0.29, 0.717) is 0 Å². The third kappa shape index (κ3) is 7.06. The molecule has 1 heterocycles. The summed E-state index contributed by atoms with van der Waals surface area (Å²) in [6, 6.07) is 0. The number of esters is 1. The fourth-order valence-electron chi connectivity index (χ4n) is 2.53. The predicted molar refractivity (Wildman–Crippen MR) is 102 cm³/mol. The third-order valence-corrected chi connectivity index (χ3v) is 6.05. The number of hydrogen-bond acceptors (Lipinski definition) is 6. The Kier molecular flexibility index (Phi) is 7.04. The summed E-state index contributed by atoms with van der Waals surface area (Å²) >= 11 is 0. The van der Waals surface area contributed by atoms with Gasteiger partial charge in [0.25, 0.3) is 0 Å². The standard InChI is InChI=1S/C15H34O6Si3/c1-22(2,3)19-12-11(10-16)18-15(17)14(21-24(7,8)9)13(12)20-23(4,5)6/h11-14,16H,10H2,1-9H3/t11-,12-,13+,14-/m1/s1. The Hall–Kier alpha value is -0.0394. The lowest BCUT2D eigenvalue weighted by Crippen LogP contribution is -2.64. The number of rotatable bonds is 7. The summed E-state index contributed by atoms with van der Waals surface area (Å²) in [7, 11) is -5.91. The van der Waals surface area contributed by atoms with Crippen LogP contribution in [-0.2, 0) is 22.8 Å². The maximum absolute atomic E-state index is 12.5. The predicted octanol–water partition coefficient (Wildman–Crippen LogP) is 2.56. The minimum absolute atomic E-state index is 0.286. The van der Waals surface area contributed by atoms with Gasteiger partial charge in [-0.3, -0.25) is 0 Å². The molecule has 0 aromatic rings. The lowest BCUT2D eigenvalue weighted by molar-refractivity contribution is -0.198. The normalized spacial score (nSPS) is 29.5. The van der Waals surface area contributed by atoms with Crippen LogP contribution in [-0.4, -0.2) is 67.1 Å². The highest BCUT2D eigenvalue weighted by molar-refractivity contribution is 6.70. The summed E-state index contributed by atoms with van der Waals surface area (Å²) in [6.07, 6.45) is -2.57. The molecule has 0 aliphatic carbocycles. The molecule has 4 atom stereocenters.